The molecular formula is C20H20N4O3. The summed E-state index contributed by atoms with van der Waals surface area (Å²) in [5.74, 6) is -0.429. The number of amides is 1. The van der Waals surface area contributed by atoms with Crippen LogP contribution in [0.1, 0.15) is 29.8 Å². The molecule has 1 aliphatic heterocycles. The van der Waals surface area contributed by atoms with Crippen molar-refractivity contribution in [2.24, 2.45) is 5.10 Å². The number of nitrogens with zero attached hydrogens (tertiary/aromatic N) is 3. The Kier molecular flexibility index (Phi) is 4.77. The Labute approximate surface area is 157 Å². The summed E-state index contributed by atoms with van der Waals surface area (Å²) in [6.45, 7) is 4.29. The molecule has 0 fully saturated rings. The monoisotopic (exact) mass is 364 g/mol. The van der Waals surface area contributed by atoms with Gasteiger partial charge in [-0.25, -0.2) is 5.43 Å². The van der Waals surface area contributed by atoms with Crippen LogP contribution in [0, 0.1) is 10.1 Å². The van der Waals surface area contributed by atoms with Crippen molar-refractivity contribution in [3.63, 3.8) is 0 Å². The summed E-state index contributed by atoms with van der Waals surface area (Å²) >= 11 is 0. The zero-order chi connectivity index (χ0) is 19.6. The van der Waals surface area contributed by atoms with Gasteiger partial charge in [-0.05, 0) is 29.8 Å². The standard InChI is InChI=1S/C20H20N4O3/c1-20(2)16-6-4-5-7-17(16)23(3)18(20)12-13-21-22-19(25)14-8-10-15(11-9-14)24(26)27/h4-13H,1-3H3,(H,22,25)/b18-12+,21-13?. The minimum atomic E-state index is -0.510. The van der Waals surface area contributed by atoms with Gasteiger partial charge in [0.2, 0.25) is 0 Å². The topological polar surface area (TPSA) is 87.8 Å². The van der Waals surface area contributed by atoms with Crippen LogP contribution in [-0.4, -0.2) is 24.1 Å². The summed E-state index contributed by atoms with van der Waals surface area (Å²) in [6, 6.07) is 13.6. The molecule has 2 aromatic rings. The number of non-ortho nitro benzene ring substituents is 1. The van der Waals surface area contributed by atoms with E-state index in [0.717, 1.165) is 11.4 Å². The summed E-state index contributed by atoms with van der Waals surface area (Å²) in [5.41, 5.74) is 5.96. The van der Waals surface area contributed by atoms with Gasteiger partial charge in [0.05, 0.1) is 4.92 Å². The SMILES string of the molecule is CN1/C(=C/C=NNC(=O)c2ccc([N+](=O)[O-])cc2)C(C)(C)c2ccccc21. The number of anilines is 1. The Morgan fingerprint density at radius 3 is 2.48 bits per heavy atom. The van der Waals surface area contributed by atoms with Crippen LogP contribution in [0.3, 0.4) is 0 Å². The molecule has 1 aliphatic rings. The number of hydrogen-bond acceptors (Lipinski definition) is 5. The molecule has 0 atom stereocenters. The minimum Gasteiger partial charge on any atom is -0.347 e. The third kappa shape index (κ3) is 3.44. The largest absolute Gasteiger partial charge is 0.347 e. The number of hydrogen-bond donors (Lipinski definition) is 1. The van der Waals surface area contributed by atoms with Gasteiger partial charge in [-0.2, -0.15) is 5.10 Å². The summed E-state index contributed by atoms with van der Waals surface area (Å²) in [4.78, 5) is 24.3. The lowest BCUT2D eigenvalue weighted by molar-refractivity contribution is -0.384. The number of benzene rings is 2. The first-order valence-electron chi connectivity index (χ1n) is 8.44. The second kappa shape index (κ2) is 7.03. The lowest BCUT2D eigenvalue weighted by atomic mass is 9.84. The highest BCUT2D eigenvalue weighted by atomic mass is 16.6. The molecule has 0 saturated heterocycles. The van der Waals surface area contributed by atoms with E-state index in [1.807, 2.05) is 25.3 Å². The molecule has 0 bridgehead atoms. The summed E-state index contributed by atoms with van der Waals surface area (Å²) in [5, 5.41) is 14.6. The van der Waals surface area contributed by atoms with Gasteiger partial charge in [-0.15, -0.1) is 0 Å². The van der Waals surface area contributed by atoms with E-state index in [1.165, 1.54) is 29.8 Å². The van der Waals surface area contributed by atoms with E-state index >= 15 is 0 Å². The lowest BCUT2D eigenvalue weighted by Gasteiger charge is -2.23. The molecule has 1 N–H and O–H groups in total. The lowest BCUT2D eigenvalue weighted by Crippen LogP contribution is -2.23. The van der Waals surface area contributed by atoms with Crippen molar-refractivity contribution >= 4 is 23.5 Å². The first-order chi connectivity index (χ1) is 12.8. The van der Waals surface area contributed by atoms with Crippen molar-refractivity contribution in [1.82, 2.24) is 5.43 Å². The third-order valence-corrected chi connectivity index (χ3v) is 4.75. The maximum Gasteiger partial charge on any atom is 0.271 e. The van der Waals surface area contributed by atoms with E-state index in [4.69, 9.17) is 0 Å². The summed E-state index contributed by atoms with van der Waals surface area (Å²) in [7, 11) is 2.00. The highest BCUT2D eigenvalue weighted by molar-refractivity contribution is 5.94. The van der Waals surface area contributed by atoms with Crippen molar-refractivity contribution in [3.8, 4) is 0 Å². The fraction of sp³-hybridized carbons (Fsp3) is 0.200. The van der Waals surface area contributed by atoms with Gasteiger partial charge in [0.25, 0.3) is 11.6 Å². The number of likely N-dealkylation sites (N-methyl/N-ethyl adjacent to an activating group) is 1. The number of carbonyl (C=O) groups excluding carboxylic acids is 1. The van der Waals surface area contributed by atoms with Gasteiger partial charge in [-0.1, -0.05) is 32.0 Å². The molecule has 2 aromatic carbocycles. The minimum absolute atomic E-state index is 0.0640. The molecule has 7 nitrogen and oxygen atoms in total. The van der Waals surface area contributed by atoms with Crippen LogP contribution in [-0.2, 0) is 5.41 Å². The molecule has 0 radical (unpaired) electrons. The molecule has 1 heterocycles. The van der Waals surface area contributed by atoms with Crippen LogP contribution in [0.2, 0.25) is 0 Å². The molecule has 3 rings (SSSR count). The average Bonchev–Trinajstić information content (AvgIpc) is 2.85. The molecule has 0 unspecified atom stereocenters. The Morgan fingerprint density at radius 2 is 1.85 bits per heavy atom. The van der Waals surface area contributed by atoms with Gasteiger partial charge in [0, 0.05) is 47.8 Å². The normalized spacial score (nSPS) is 16.6. The summed E-state index contributed by atoms with van der Waals surface area (Å²) < 4.78 is 0. The van der Waals surface area contributed by atoms with E-state index in [9.17, 15) is 14.9 Å². The number of nitro groups is 1. The Balaban J connectivity index is 1.70. The predicted molar refractivity (Wildman–Crippen MR) is 105 cm³/mol. The quantitative estimate of drug-likeness (QED) is 0.510. The zero-order valence-corrected chi connectivity index (χ0v) is 15.3. The van der Waals surface area contributed by atoms with E-state index < -0.39 is 10.8 Å². The van der Waals surface area contributed by atoms with E-state index in [0.29, 0.717) is 5.56 Å². The molecule has 0 spiro atoms. The van der Waals surface area contributed by atoms with Crippen molar-refractivity contribution in [3.05, 3.63) is 81.5 Å². The molecule has 138 valence electrons. The maximum atomic E-state index is 12.1. The number of rotatable bonds is 4. The predicted octanol–water partition coefficient (Wildman–Crippen LogP) is 3.62. The Hall–Kier alpha value is -3.48. The fourth-order valence-electron chi connectivity index (χ4n) is 3.30. The molecule has 27 heavy (non-hydrogen) atoms. The van der Waals surface area contributed by atoms with Crippen molar-refractivity contribution in [2.45, 2.75) is 19.3 Å². The number of nitro benzene ring substituents is 1. The van der Waals surface area contributed by atoms with Gasteiger partial charge < -0.3 is 4.90 Å². The second-order valence-corrected chi connectivity index (χ2v) is 6.78. The van der Waals surface area contributed by atoms with Crippen LogP contribution < -0.4 is 10.3 Å². The van der Waals surface area contributed by atoms with Crippen LogP contribution in [0.25, 0.3) is 0 Å². The molecule has 0 saturated carbocycles. The van der Waals surface area contributed by atoms with Crippen LogP contribution in [0.15, 0.2) is 65.4 Å². The number of hydrazone groups is 1. The number of allylic oxidation sites excluding steroid dienone is 2. The number of fused-ring (bicyclic) bond motifs is 1. The average molecular weight is 364 g/mol. The fourth-order valence-corrected chi connectivity index (χ4v) is 3.30. The first-order valence-corrected chi connectivity index (χ1v) is 8.44. The number of para-hydroxylation sites is 1. The van der Waals surface area contributed by atoms with Crippen LogP contribution in [0.4, 0.5) is 11.4 Å². The number of nitrogens with one attached hydrogen (secondary N) is 1. The maximum absolute atomic E-state index is 12.1. The van der Waals surface area contributed by atoms with Crippen molar-refractivity contribution in [2.75, 3.05) is 11.9 Å². The Bertz CT molecular complexity index is 946. The van der Waals surface area contributed by atoms with Gasteiger partial charge in [0.1, 0.15) is 0 Å². The highest BCUT2D eigenvalue weighted by Crippen LogP contribution is 2.46. The first kappa shape index (κ1) is 18.3. The van der Waals surface area contributed by atoms with E-state index in [-0.39, 0.29) is 11.1 Å². The van der Waals surface area contributed by atoms with Gasteiger partial charge in [0.15, 0.2) is 0 Å². The molecule has 0 aromatic heterocycles. The van der Waals surface area contributed by atoms with Gasteiger partial charge in [-0.3, -0.25) is 14.9 Å². The number of carbonyl (C=O) groups is 1. The van der Waals surface area contributed by atoms with Crippen molar-refractivity contribution in [1.29, 1.82) is 0 Å². The molecule has 0 aliphatic carbocycles. The third-order valence-electron chi connectivity index (χ3n) is 4.75. The second-order valence-electron chi connectivity index (χ2n) is 6.78. The zero-order valence-electron chi connectivity index (χ0n) is 15.3. The molecular weight excluding hydrogens is 344 g/mol. The summed E-state index contributed by atoms with van der Waals surface area (Å²) in [6.07, 6.45) is 3.42. The molecule has 7 heteroatoms. The van der Waals surface area contributed by atoms with Crippen molar-refractivity contribution < 1.29 is 9.72 Å². The van der Waals surface area contributed by atoms with E-state index in [2.05, 4.69) is 41.4 Å². The Morgan fingerprint density at radius 1 is 1.19 bits per heavy atom. The van der Waals surface area contributed by atoms with Gasteiger partial charge >= 0.3 is 0 Å². The van der Waals surface area contributed by atoms with Crippen LogP contribution in [0.5, 0.6) is 0 Å². The smallest absolute Gasteiger partial charge is 0.271 e. The molecule has 1 amide bonds. The van der Waals surface area contributed by atoms with E-state index in [1.54, 1.807) is 6.21 Å². The highest BCUT2D eigenvalue weighted by Gasteiger charge is 2.37. The van der Waals surface area contributed by atoms with Crippen LogP contribution >= 0.6 is 0 Å².